The zero-order valence-corrected chi connectivity index (χ0v) is 15.3. The Morgan fingerprint density at radius 3 is 2.71 bits per heavy atom. The summed E-state index contributed by atoms with van der Waals surface area (Å²) >= 11 is 1.36. The molecule has 0 aliphatic carbocycles. The minimum Gasteiger partial charge on any atom is -0.356 e. The normalized spacial score (nSPS) is 15.3. The van der Waals surface area contributed by atoms with Gasteiger partial charge in [-0.3, -0.25) is 10.1 Å². The molecule has 0 spiro atoms. The summed E-state index contributed by atoms with van der Waals surface area (Å²) < 4.78 is 0. The van der Waals surface area contributed by atoms with Crippen LogP contribution >= 0.6 is 11.3 Å². The third-order valence-corrected chi connectivity index (χ3v) is 4.81. The lowest BCUT2D eigenvalue weighted by Gasteiger charge is -2.32. The summed E-state index contributed by atoms with van der Waals surface area (Å²) in [5.74, 6) is -0.0200. The van der Waals surface area contributed by atoms with Crippen LogP contribution in [0.4, 0.5) is 9.93 Å². The number of likely N-dealkylation sites (N-methyl/N-ethyl adjacent to an activating group) is 1. The molecule has 1 aliphatic heterocycles. The number of urea groups is 1. The number of thiazole rings is 1. The first kappa shape index (κ1) is 18.7. The average Bonchev–Trinajstić information content (AvgIpc) is 2.99. The van der Waals surface area contributed by atoms with Gasteiger partial charge in [-0.05, 0) is 13.5 Å². The van der Waals surface area contributed by atoms with Crippen LogP contribution in [0.15, 0.2) is 5.38 Å². The van der Waals surface area contributed by atoms with E-state index < -0.39 is 0 Å². The Labute approximate surface area is 147 Å². The van der Waals surface area contributed by atoms with Crippen molar-refractivity contribution in [2.24, 2.45) is 0 Å². The van der Waals surface area contributed by atoms with Gasteiger partial charge < -0.3 is 15.1 Å². The summed E-state index contributed by atoms with van der Waals surface area (Å²) in [5, 5.41) is 8.09. The van der Waals surface area contributed by atoms with Crippen molar-refractivity contribution < 1.29 is 9.59 Å². The highest BCUT2D eigenvalue weighted by atomic mass is 32.1. The second kappa shape index (κ2) is 9.58. The SMILES string of the molecule is CCCCCNC(=O)Cc1csc(NC(=O)N2CCN(C)CC2)n1. The largest absolute Gasteiger partial charge is 0.356 e. The number of hydrogen-bond donors (Lipinski definition) is 2. The Hall–Kier alpha value is -1.67. The van der Waals surface area contributed by atoms with Crippen molar-refractivity contribution in [3.63, 3.8) is 0 Å². The summed E-state index contributed by atoms with van der Waals surface area (Å²) in [6.07, 6.45) is 3.52. The van der Waals surface area contributed by atoms with Crippen LogP contribution in [0.25, 0.3) is 0 Å². The zero-order chi connectivity index (χ0) is 17.4. The van der Waals surface area contributed by atoms with Gasteiger partial charge in [0.25, 0.3) is 0 Å². The fourth-order valence-electron chi connectivity index (χ4n) is 2.46. The number of hydrogen-bond acceptors (Lipinski definition) is 5. The molecule has 1 aromatic rings. The molecule has 0 unspecified atom stereocenters. The number of amides is 3. The molecule has 1 aliphatic rings. The van der Waals surface area contributed by atoms with Crippen molar-refractivity contribution in [2.45, 2.75) is 32.6 Å². The van der Waals surface area contributed by atoms with Crippen molar-refractivity contribution in [1.82, 2.24) is 20.1 Å². The number of rotatable bonds is 7. The molecule has 2 N–H and O–H groups in total. The predicted molar refractivity (Wildman–Crippen MR) is 96.4 cm³/mol. The van der Waals surface area contributed by atoms with Gasteiger partial charge in [-0.15, -0.1) is 11.3 Å². The predicted octanol–water partition coefficient (Wildman–Crippen LogP) is 1.77. The van der Waals surface area contributed by atoms with E-state index in [1.54, 1.807) is 4.90 Å². The van der Waals surface area contributed by atoms with E-state index in [0.717, 1.165) is 45.4 Å². The maximum absolute atomic E-state index is 12.2. The number of anilines is 1. The van der Waals surface area contributed by atoms with Crippen LogP contribution in [0, 0.1) is 0 Å². The van der Waals surface area contributed by atoms with Gasteiger partial charge in [-0.1, -0.05) is 19.8 Å². The molecule has 1 aromatic heterocycles. The molecule has 7 nitrogen and oxygen atoms in total. The van der Waals surface area contributed by atoms with Gasteiger partial charge >= 0.3 is 6.03 Å². The molecule has 0 radical (unpaired) electrons. The summed E-state index contributed by atoms with van der Waals surface area (Å²) in [7, 11) is 2.05. The number of carbonyl (C=O) groups is 2. The Bertz CT molecular complexity index is 540. The first-order valence-electron chi connectivity index (χ1n) is 8.54. The lowest BCUT2D eigenvalue weighted by atomic mass is 10.2. The highest BCUT2D eigenvalue weighted by molar-refractivity contribution is 7.13. The summed E-state index contributed by atoms with van der Waals surface area (Å²) in [6.45, 7) is 6.06. The van der Waals surface area contributed by atoms with E-state index in [1.165, 1.54) is 11.3 Å². The fraction of sp³-hybridized carbons (Fsp3) is 0.688. The maximum Gasteiger partial charge on any atom is 0.323 e. The lowest BCUT2D eigenvalue weighted by molar-refractivity contribution is -0.120. The molecule has 0 aromatic carbocycles. The smallest absolute Gasteiger partial charge is 0.323 e. The molecule has 0 atom stereocenters. The Morgan fingerprint density at radius 2 is 2.00 bits per heavy atom. The van der Waals surface area contributed by atoms with E-state index in [1.807, 2.05) is 5.38 Å². The first-order chi connectivity index (χ1) is 11.6. The second-order valence-electron chi connectivity index (χ2n) is 6.10. The van der Waals surface area contributed by atoms with E-state index in [-0.39, 0.29) is 18.4 Å². The van der Waals surface area contributed by atoms with Crippen molar-refractivity contribution in [3.8, 4) is 0 Å². The van der Waals surface area contributed by atoms with Gasteiger partial charge in [-0.2, -0.15) is 0 Å². The minimum atomic E-state index is -0.118. The summed E-state index contributed by atoms with van der Waals surface area (Å²) in [6, 6.07) is -0.118. The molecule has 24 heavy (non-hydrogen) atoms. The molecule has 0 bridgehead atoms. The van der Waals surface area contributed by atoms with Gasteiger partial charge in [0.2, 0.25) is 5.91 Å². The quantitative estimate of drug-likeness (QED) is 0.733. The number of nitrogens with zero attached hydrogens (tertiary/aromatic N) is 3. The fourth-order valence-corrected chi connectivity index (χ4v) is 3.16. The van der Waals surface area contributed by atoms with Gasteiger partial charge in [0.05, 0.1) is 12.1 Å². The molecule has 8 heteroatoms. The number of piperazine rings is 1. The van der Waals surface area contributed by atoms with Crippen molar-refractivity contribution in [3.05, 3.63) is 11.1 Å². The molecule has 3 amide bonds. The topological polar surface area (TPSA) is 77.6 Å². The molecule has 2 heterocycles. The number of unbranched alkanes of at least 4 members (excludes halogenated alkanes) is 2. The monoisotopic (exact) mass is 353 g/mol. The van der Waals surface area contributed by atoms with Crippen molar-refractivity contribution >= 4 is 28.4 Å². The van der Waals surface area contributed by atoms with Gasteiger partial charge in [0, 0.05) is 38.1 Å². The molecular formula is C16H27N5O2S. The standard InChI is InChI=1S/C16H27N5O2S/c1-3-4-5-6-17-14(22)11-13-12-24-15(18-13)19-16(23)21-9-7-20(2)8-10-21/h12H,3-11H2,1-2H3,(H,17,22)(H,18,19,23). The van der Waals surface area contributed by atoms with Crippen LogP contribution in [0.1, 0.15) is 31.9 Å². The van der Waals surface area contributed by atoms with Crippen molar-refractivity contribution in [2.75, 3.05) is 45.1 Å². The van der Waals surface area contributed by atoms with E-state index in [0.29, 0.717) is 17.4 Å². The van der Waals surface area contributed by atoms with E-state index >= 15 is 0 Å². The molecule has 1 fully saturated rings. The Morgan fingerprint density at radius 1 is 1.25 bits per heavy atom. The van der Waals surface area contributed by atoms with Gasteiger partial charge in [0.1, 0.15) is 0 Å². The van der Waals surface area contributed by atoms with Crippen LogP contribution in [-0.2, 0) is 11.2 Å². The summed E-state index contributed by atoms with van der Waals surface area (Å²) in [5.41, 5.74) is 0.696. The maximum atomic E-state index is 12.2. The molecule has 1 saturated heterocycles. The highest BCUT2D eigenvalue weighted by Gasteiger charge is 2.20. The minimum absolute atomic E-state index is 0.0200. The first-order valence-corrected chi connectivity index (χ1v) is 9.42. The lowest BCUT2D eigenvalue weighted by Crippen LogP contribution is -2.48. The molecule has 0 saturated carbocycles. The van der Waals surface area contributed by atoms with Crippen LogP contribution in [0.2, 0.25) is 0 Å². The third kappa shape index (κ3) is 6.09. The Kier molecular flexibility index (Phi) is 7.45. The van der Waals surface area contributed by atoms with Crippen LogP contribution < -0.4 is 10.6 Å². The van der Waals surface area contributed by atoms with E-state index in [4.69, 9.17) is 0 Å². The highest BCUT2D eigenvalue weighted by Crippen LogP contribution is 2.16. The second-order valence-corrected chi connectivity index (χ2v) is 6.96. The molecule has 2 rings (SSSR count). The van der Waals surface area contributed by atoms with E-state index in [2.05, 4.69) is 34.5 Å². The van der Waals surface area contributed by atoms with Crippen LogP contribution in [0.5, 0.6) is 0 Å². The van der Waals surface area contributed by atoms with E-state index in [9.17, 15) is 9.59 Å². The molecule has 134 valence electrons. The zero-order valence-electron chi connectivity index (χ0n) is 14.5. The number of carbonyl (C=O) groups excluding carboxylic acids is 2. The number of aromatic nitrogens is 1. The van der Waals surface area contributed by atoms with Crippen LogP contribution in [-0.4, -0.2) is 66.5 Å². The Balaban J connectivity index is 1.74. The van der Waals surface area contributed by atoms with Crippen LogP contribution in [0.3, 0.4) is 0 Å². The van der Waals surface area contributed by atoms with Crippen molar-refractivity contribution in [1.29, 1.82) is 0 Å². The van der Waals surface area contributed by atoms with Gasteiger partial charge in [0.15, 0.2) is 5.13 Å². The van der Waals surface area contributed by atoms with Gasteiger partial charge in [-0.25, -0.2) is 9.78 Å². The third-order valence-electron chi connectivity index (χ3n) is 4.00. The molecular weight excluding hydrogens is 326 g/mol. The number of nitrogens with one attached hydrogen (secondary N) is 2. The summed E-state index contributed by atoms with van der Waals surface area (Å²) in [4.78, 5) is 32.4. The average molecular weight is 353 g/mol.